The van der Waals surface area contributed by atoms with Crippen molar-refractivity contribution in [2.75, 3.05) is 7.11 Å². The molecule has 0 bridgehead atoms. The van der Waals surface area contributed by atoms with Crippen LogP contribution < -0.4 is 4.74 Å². The highest BCUT2D eigenvalue weighted by Crippen LogP contribution is 2.41. The highest BCUT2D eigenvalue weighted by Gasteiger charge is 2.46. The van der Waals surface area contributed by atoms with E-state index in [0.29, 0.717) is 22.6 Å². The molecule has 4 rings (SSSR count). The van der Waals surface area contributed by atoms with Crippen molar-refractivity contribution in [3.8, 4) is 5.75 Å². The number of furan rings is 1. The number of benzene rings is 2. The molecular weight excluding hydrogens is 382 g/mol. The van der Waals surface area contributed by atoms with E-state index in [-0.39, 0.29) is 17.9 Å². The summed E-state index contributed by atoms with van der Waals surface area (Å²) in [5.74, 6) is -0.491. The summed E-state index contributed by atoms with van der Waals surface area (Å²) in [5, 5.41) is 11.0. The summed E-state index contributed by atoms with van der Waals surface area (Å²) < 4.78 is 10.7. The van der Waals surface area contributed by atoms with E-state index in [1.54, 1.807) is 55.6 Å². The zero-order valence-corrected chi connectivity index (χ0v) is 16.7. The van der Waals surface area contributed by atoms with Crippen LogP contribution in [-0.4, -0.2) is 28.8 Å². The van der Waals surface area contributed by atoms with Crippen LogP contribution in [0.25, 0.3) is 5.76 Å². The number of methoxy groups -OCH3 is 1. The third-order valence-corrected chi connectivity index (χ3v) is 5.18. The van der Waals surface area contributed by atoms with Crippen molar-refractivity contribution in [2.45, 2.75) is 19.5 Å². The van der Waals surface area contributed by atoms with Gasteiger partial charge < -0.3 is 19.2 Å². The van der Waals surface area contributed by atoms with Crippen molar-refractivity contribution in [3.05, 3.63) is 95.0 Å². The van der Waals surface area contributed by atoms with Crippen molar-refractivity contribution < 1.29 is 23.8 Å². The van der Waals surface area contributed by atoms with Crippen LogP contribution in [0.5, 0.6) is 5.75 Å². The molecule has 1 aromatic heterocycles. The lowest BCUT2D eigenvalue weighted by atomic mass is 9.95. The maximum absolute atomic E-state index is 13.0. The van der Waals surface area contributed by atoms with Gasteiger partial charge in [0.05, 0.1) is 31.5 Å². The van der Waals surface area contributed by atoms with Crippen LogP contribution >= 0.6 is 0 Å². The number of aliphatic hydroxyl groups excluding tert-OH is 1. The Hall–Kier alpha value is -3.80. The largest absolute Gasteiger partial charge is 0.507 e. The molecule has 3 aromatic rings. The van der Waals surface area contributed by atoms with Gasteiger partial charge in [-0.2, -0.15) is 0 Å². The Balaban J connectivity index is 1.87. The molecule has 1 aliphatic heterocycles. The van der Waals surface area contributed by atoms with Crippen molar-refractivity contribution in [1.82, 2.24) is 4.90 Å². The van der Waals surface area contributed by atoms with E-state index < -0.39 is 17.7 Å². The van der Waals surface area contributed by atoms with Crippen LogP contribution in [-0.2, 0) is 16.1 Å². The Labute approximate surface area is 174 Å². The van der Waals surface area contributed by atoms with Crippen LogP contribution in [0.1, 0.15) is 28.5 Å². The lowest BCUT2D eigenvalue weighted by Gasteiger charge is -2.24. The van der Waals surface area contributed by atoms with Gasteiger partial charge in [-0.25, -0.2) is 0 Å². The van der Waals surface area contributed by atoms with E-state index in [9.17, 15) is 14.7 Å². The van der Waals surface area contributed by atoms with Crippen LogP contribution in [0, 0.1) is 6.92 Å². The van der Waals surface area contributed by atoms with Crippen LogP contribution in [0.4, 0.5) is 0 Å². The second kappa shape index (κ2) is 7.91. The Morgan fingerprint density at radius 3 is 2.53 bits per heavy atom. The normalized spacial score (nSPS) is 18.1. The summed E-state index contributed by atoms with van der Waals surface area (Å²) >= 11 is 0. The third kappa shape index (κ3) is 3.48. The van der Waals surface area contributed by atoms with Gasteiger partial charge in [-0.05, 0) is 36.8 Å². The van der Waals surface area contributed by atoms with Crippen LogP contribution in [0.15, 0.2) is 76.9 Å². The number of carbonyl (C=O) groups excluding carboxylic acids is 2. The highest BCUT2D eigenvalue weighted by molar-refractivity contribution is 6.46. The Morgan fingerprint density at radius 1 is 1.10 bits per heavy atom. The molecule has 6 heteroatoms. The number of carbonyl (C=O) groups is 2. The van der Waals surface area contributed by atoms with Crippen LogP contribution in [0.3, 0.4) is 0 Å². The van der Waals surface area contributed by atoms with Crippen molar-refractivity contribution in [3.63, 3.8) is 0 Å². The summed E-state index contributed by atoms with van der Waals surface area (Å²) in [7, 11) is 1.55. The number of likely N-dealkylation sites (tertiary alicyclic amines) is 1. The number of Topliss-reactive ketones (excluding diaryl/α,β-unsaturated/α-hetero) is 1. The molecule has 1 fully saturated rings. The molecular formula is C24H21NO5. The van der Waals surface area contributed by atoms with Crippen molar-refractivity contribution in [1.29, 1.82) is 0 Å². The maximum Gasteiger partial charge on any atom is 0.296 e. The molecule has 2 aromatic carbocycles. The number of rotatable bonds is 5. The molecule has 0 radical (unpaired) electrons. The topological polar surface area (TPSA) is 80.0 Å². The van der Waals surface area contributed by atoms with Gasteiger partial charge >= 0.3 is 0 Å². The number of ketones is 1. The third-order valence-electron chi connectivity index (χ3n) is 5.18. The molecule has 1 amide bonds. The number of hydrogen-bond donors (Lipinski definition) is 1. The average molecular weight is 403 g/mol. The van der Waals surface area contributed by atoms with Gasteiger partial charge in [-0.1, -0.05) is 42.0 Å². The number of ether oxygens (including phenoxy) is 1. The van der Waals surface area contributed by atoms with E-state index in [2.05, 4.69) is 0 Å². The predicted molar refractivity (Wildman–Crippen MR) is 111 cm³/mol. The molecule has 1 unspecified atom stereocenters. The van der Waals surface area contributed by atoms with Gasteiger partial charge in [0.25, 0.3) is 11.7 Å². The molecule has 0 aliphatic carbocycles. The van der Waals surface area contributed by atoms with Gasteiger partial charge in [0.2, 0.25) is 0 Å². The predicted octanol–water partition coefficient (Wildman–Crippen LogP) is 4.22. The zero-order valence-electron chi connectivity index (χ0n) is 16.7. The number of nitrogens with zero attached hydrogens (tertiary/aromatic N) is 1. The first-order valence-corrected chi connectivity index (χ1v) is 9.51. The number of aryl methyl sites for hydroxylation is 1. The van der Waals surface area contributed by atoms with Crippen LogP contribution in [0.2, 0.25) is 0 Å². The molecule has 1 N–H and O–H groups in total. The summed E-state index contributed by atoms with van der Waals surface area (Å²) in [5.41, 5.74) is 2.20. The van der Waals surface area contributed by atoms with E-state index in [4.69, 9.17) is 9.15 Å². The SMILES string of the molecule is COc1cccc(C2/C(=C(\O)c3ccc(C)cc3)C(=O)C(=O)N2Cc2ccco2)c1. The van der Waals surface area contributed by atoms with Gasteiger partial charge in [-0.15, -0.1) is 0 Å². The van der Waals surface area contributed by atoms with E-state index in [0.717, 1.165) is 5.56 Å². The Morgan fingerprint density at radius 2 is 1.87 bits per heavy atom. The van der Waals surface area contributed by atoms with E-state index >= 15 is 0 Å². The summed E-state index contributed by atoms with van der Waals surface area (Å²) in [6.07, 6.45) is 1.51. The first-order chi connectivity index (χ1) is 14.5. The molecule has 1 aliphatic rings. The zero-order chi connectivity index (χ0) is 21.3. The standard InChI is InChI=1S/C24H21NO5/c1-15-8-10-16(11-9-15)22(26)20-21(17-5-3-6-18(13-17)29-2)25(24(28)23(20)27)14-19-7-4-12-30-19/h3-13,21,26H,14H2,1-2H3/b22-20+. The summed E-state index contributed by atoms with van der Waals surface area (Å²) in [6, 6.07) is 17.0. The molecule has 0 saturated carbocycles. The van der Waals surface area contributed by atoms with E-state index in [1.165, 1.54) is 11.2 Å². The Kier molecular flexibility index (Phi) is 5.14. The number of aliphatic hydroxyl groups is 1. The van der Waals surface area contributed by atoms with Gasteiger partial charge in [0, 0.05) is 5.56 Å². The minimum absolute atomic E-state index is 0.0451. The molecule has 1 atom stereocenters. The molecule has 30 heavy (non-hydrogen) atoms. The van der Waals surface area contributed by atoms with E-state index in [1.807, 2.05) is 19.1 Å². The minimum atomic E-state index is -0.772. The first kappa shape index (κ1) is 19.5. The number of hydrogen-bond acceptors (Lipinski definition) is 5. The monoisotopic (exact) mass is 403 g/mol. The first-order valence-electron chi connectivity index (χ1n) is 9.51. The van der Waals surface area contributed by atoms with Gasteiger partial charge in [-0.3, -0.25) is 9.59 Å². The highest BCUT2D eigenvalue weighted by atomic mass is 16.5. The molecule has 2 heterocycles. The Bertz CT molecular complexity index is 1110. The fourth-order valence-corrected chi connectivity index (χ4v) is 3.64. The lowest BCUT2D eigenvalue weighted by molar-refractivity contribution is -0.140. The second-order valence-electron chi connectivity index (χ2n) is 7.15. The smallest absolute Gasteiger partial charge is 0.296 e. The van der Waals surface area contributed by atoms with Crippen molar-refractivity contribution in [2.24, 2.45) is 0 Å². The second-order valence-corrected chi connectivity index (χ2v) is 7.15. The quantitative estimate of drug-likeness (QED) is 0.392. The van der Waals surface area contributed by atoms with Gasteiger partial charge in [0.1, 0.15) is 17.3 Å². The fraction of sp³-hybridized carbons (Fsp3) is 0.167. The molecule has 1 saturated heterocycles. The average Bonchev–Trinajstić information content (AvgIpc) is 3.36. The van der Waals surface area contributed by atoms with Gasteiger partial charge in [0.15, 0.2) is 0 Å². The lowest BCUT2D eigenvalue weighted by Crippen LogP contribution is -2.29. The maximum atomic E-state index is 13.0. The minimum Gasteiger partial charge on any atom is -0.507 e. The molecule has 6 nitrogen and oxygen atoms in total. The fourth-order valence-electron chi connectivity index (χ4n) is 3.64. The molecule has 0 spiro atoms. The summed E-state index contributed by atoms with van der Waals surface area (Å²) in [6.45, 7) is 2.03. The molecule has 152 valence electrons. The summed E-state index contributed by atoms with van der Waals surface area (Å²) in [4.78, 5) is 27.3. The number of amides is 1. The van der Waals surface area contributed by atoms with Crippen molar-refractivity contribution >= 4 is 17.4 Å².